The standard InChI is InChI=1S/C14H15F2N3/c1-9-7-19-13(8-18-9)12(17-2)6-10-4-3-5-11(15)14(10)16/h3-5,7-8,12,17H,6H2,1-2H3. The van der Waals surface area contributed by atoms with Crippen LogP contribution in [0.15, 0.2) is 30.6 Å². The van der Waals surface area contributed by atoms with Gasteiger partial charge in [0.15, 0.2) is 11.6 Å². The molecule has 0 aliphatic rings. The Morgan fingerprint density at radius 3 is 2.63 bits per heavy atom. The molecular weight excluding hydrogens is 248 g/mol. The molecule has 0 fully saturated rings. The van der Waals surface area contributed by atoms with Gasteiger partial charge in [0.25, 0.3) is 0 Å². The van der Waals surface area contributed by atoms with Crippen LogP contribution in [0.5, 0.6) is 0 Å². The maximum absolute atomic E-state index is 13.6. The van der Waals surface area contributed by atoms with E-state index in [4.69, 9.17) is 0 Å². The van der Waals surface area contributed by atoms with E-state index in [9.17, 15) is 8.78 Å². The summed E-state index contributed by atoms with van der Waals surface area (Å²) in [5.41, 5.74) is 1.84. The maximum Gasteiger partial charge on any atom is 0.162 e. The Morgan fingerprint density at radius 1 is 1.21 bits per heavy atom. The summed E-state index contributed by atoms with van der Waals surface area (Å²) in [5.74, 6) is -1.63. The highest BCUT2D eigenvalue weighted by Gasteiger charge is 2.16. The third kappa shape index (κ3) is 3.12. The first-order chi connectivity index (χ1) is 9.11. The number of likely N-dealkylation sites (N-methyl/N-ethyl adjacent to an activating group) is 1. The highest BCUT2D eigenvalue weighted by atomic mass is 19.2. The van der Waals surface area contributed by atoms with Gasteiger partial charge in [-0.1, -0.05) is 12.1 Å². The Morgan fingerprint density at radius 2 is 2.00 bits per heavy atom. The summed E-state index contributed by atoms with van der Waals surface area (Å²) in [4.78, 5) is 8.42. The molecule has 1 unspecified atom stereocenters. The Labute approximate surface area is 110 Å². The average molecular weight is 263 g/mol. The number of halogens is 2. The lowest BCUT2D eigenvalue weighted by Crippen LogP contribution is -2.21. The first kappa shape index (κ1) is 13.5. The predicted octanol–water partition coefficient (Wildman–Crippen LogP) is 2.57. The van der Waals surface area contributed by atoms with E-state index >= 15 is 0 Å². The fraction of sp³-hybridized carbons (Fsp3) is 0.286. The van der Waals surface area contributed by atoms with E-state index in [1.54, 1.807) is 25.5 Å². The fourth-order valence-corrected chi connectivity index (χ4v) is 1.86. The second-order valence-electron chi connectivity index (χ2n) is 4.34. The van der Waals surface area contributed by atoms with Gasteiger partial charge in [0.05, 0.1) is 23.6 Å². The molecule has 1 heterocycles. The average Bonchev–Trinajstić information content (AvgIpc) is 2.42. The molecule has 0 saturated heterocycles. The van der Waals surface area contributed by atoms with Crippen LogP contribution in [0.2, 0.25) is 0 Å². The van der Waals surface area contributed by atoms with Crippen LogP contribution >= 0.6 is 0 Å². The van der Waals surface area contributed by atoms with Crippen LogP contribution in [-0.2, 0) is 6.42 Å². The number of hydrogen-bond donors (Lipinski definition) is 1. The minimum atomic E-state index is -0.831. The van der Waals surface area contributed by atoms with Crippen LogP contribution in [0.4, 0.5) is 8.78 Å². The molecule has 2 aromatic rings. The zero-order valence-corrected chi connectivity index (χ0v) is 10.8. The molecule has 100 valence electrons. The van der Waals surface area contributed by atoms with Crippen molar-refractivity contribution < 1.29 is 8.78 Å². The van der Waals surface area contributed by atoms with Gasteiger partial charge in [-0.05, 0) is 32.0 Å². The highest BCUT2D eigenvalue weighted by molar-refractivity contribution is 5.21. The van der Waals surface area contributed by atoms with Gasteiger partial charge in [-0.15, -0.1) is 0 Å². The molecule has 1 aromatic carbocycles. The van der Waals surface area contributed by atoms with Crippen molar-refractivity contribution in [2.75, 3.05) is 7.05 Å². The van der Waals surface area contributed by atoms with Crippen molar-refractivity contribution in [1.29, 1.82) is 0 Å². The summed E-state index contributed by atoms with van der Waals surface area (Å²) in [6.45, 7) is 1.84. The SMILES string of the molecule is CNC(Cc1cccc(F)c1F)c1cnc(C)cn1. The molecule has 1 N–H and O–H groups in total. The predicted molar refractivity (Wildman–Crippen MR) is 68.6 cm³/mol. The van der Waals surface area contributed by atoms with Gasteiger partial charge >= 0.3 is 0 Å². The van der Waals surface area contributed by atoms with Crippen molar-refractivity contribution in [3.05, 3.63) is 59.2 Å². The molecule has 0 aliphatic heterocycles. The van der Waals surface area contributed by atoms with Gasteiger partial charge in [-0.2, -0.15) is 0 Å². The Hall–Kier alpha value is -1.88. The first-order valence-electron chi connectivity index (χ1n) is 6.00. The third-order valence-electron chi connectivity index (χ3n) is 2.96. The lowest BCUT2D eigenvalue weighted by molar-refractivity contribution is 0.484. The van der Waals surface area contributed by atoms with E-state index in [2.05, 4.69) is 15.3 Å². The minimum Gasteiger partial charge on any atom is -0.311 e. The van der Waals surface area contributed by atoms with Crippen LogP contribution < -0.4 is 5.32 Å². The number of nitrogens with zero attached hydrogens (tertiary/aromatic N) is 2. The normalized spacial score (nSPS) is 12.4. The molecule has 0 spiro atoms. The van der Waals surface area contributed by atoms with Crippen molar-refractivity contribution in [2.24, 2.45) is 0 Å². The summed E-state index contributed by atoms with van der Waals surface area (Å²) >= 11 is 0. The third-order valence-corrected chi connectivity index (χ3v) is 2.96. The zero-order chi connectivity index (χ0) is 13.8. The maximum atomic E-state index is 13.6. The Balaban J connectivity index is 2.24. The minimum absolute atomic E-state index is 0.204. The van der Waals surface area contributed by atoms with E-state index in [1.807, 2.05) is 6.92 Å². The lowest BCUT2D eigenvalue weighted by Gasteiger charge is -2.16. The smallest absolute Gasteiger partial charge is 0.162 e. The number of hydrogen-bond acceptors (Lipinski definition) is 3. The van der Waals surface area contributed by atoms with Crippen molar-refractivity contribution in [2.45, 2.75) is 19.4 Å². The quantitative estimate of drug-likeness (QED) is 0.921. The van der Waals surface area contributed by atoms with Crippen LogP contribution in [0.25, 0.3) is 0 Å². The van der Waals surface area contributed by atoms with Gasteiger partial charge < -0.3 is 5.32 Å². The number of aromatic nitrogens is 2. The summed E-state index contributed by atoms with van der Waals surface area (Å²) in [6, 6.07) is 3.98. The van der Waals surface area contributed by atoms with Gasteiger partial charge in [-0.25, -0.2) is 8.78 Å². The molecular formula is C14H15F2N3. The van der Waals surface area contributed by atoms with Crippen LogP contribution in [-0.4, -0.2) is 17.0 Å². The molecule has 19 heavy (non-hydrogen) atoms. The van der Waals surface area contributed by atoms with Crippen LogP contribution in [0, 0.1) is 18.6 Å². The molecule has 0 aliphatic carbocycles. The van der Waals surface area contributed by atoms with E-state index in [-0.39, 0.29) is 6.04 Å². The van der Waals surface area contributed by atoms with Crippen molar-refractivity contribution in [1.82, 2.24) is 15.3 Å². The number of aryl methyl sites for hydroxylation is 1. The number of rotatable bonds is 4. The largest absolute Gasteiger partial charge is 0.311 e. The number of benzene rings is 1. The summed E-state index contributed by atoms with van der Waals surface area (Å²) in [7, 11) is 1.75. The topological polar surface area (TPSA) is 37.8 Å². The second kappa shape index (κ2) is 5.84. The molecule has 0 bridgehead atoms. The van der Waals surface area contributed by atoms with Crippen LogP contribution in [0.1, 0.15) is 23.0 Å². The van der Waals surface area contributed by atoms with Crippen molar-refractivity contribution in [3.63, 3.8) is 0 Å². The van der Waals surface area contributed by atoms with E-state index in [0.29, 0.717) is 17.7 Å². The van der Waals surface area contributed by atoms with Gasteiger partial charge in [-0.3, -0.25) is 9.97 Å². The molecule has 0 amide bonds. The van der Waals surface area contributed by atoms with Gasteiger partial charge in [0.2, 0.25) is 0 Å². The molecule has 5 heteroatoms. The first-order valence-corrected chi connectivity index (χ1v) is 6.00. The second-order valence-corrected chi connectivity index (χ2v) is 4.34. The van der Waals surface area contributed by atoms with E-state index in [0.717, 1.165) is 11.8 Å². The zero-order valence-electron chi connectivity index (χ0n) is 10.8. The lowest BCUT2D eigenvalue weighted by atomic mass is 10.0. The van der Waals surface area contributed by atoms with Crippen LogP contribution in [0.3, 0.4) is 0 Å². The van der Waals surface area contributed by atoms with Crippen molar-refractivity contribution in [3.8, 4) is 0 Å². The number of nitrogens with one attached hydrogen (secondary N) is 1. The Bertz CT molecular complexity index is 555. The summed E-state index contributed by atoms with van der Waals surface area (Å²) < 4.78 is 26.8. The fourth-order valence-electron chi connectivity index (χ4n) is 1.86. The van der Waals surface area contributed by atoms with E-state index in [1.165, 1.54) is 6.07 Å². The van der Waals surface area contributed by atoms with Crippen molar-refractivity contribution >= 4 is 0 Å². The molecule has 3 nitrogen and oxygen atoms in total. The Kier molecular flexibility index (Phi) is 4.16. The molecule has 1 atom stereocenters. The molecule has 0 radical (unpaired) electrons. The molecule has 0 saturated carbocycles. The summed E-state index contributed by atoms with van der Waals surface area (Å²) in [5, 5.41) is 3.04. The molecule has 2 rings (SSSR count). The van der Waals surface area contributed by atoms with E-state index < -0.39 is 11.6 Å². The monoisotopic (exact) mass is 263 g/mol. The van der Waals surface area contributed by atoms with Gasteiger partial charge in [0.1, 0.15) is 0 Å². The summed E-state index contributed by atoms with van der Waals surface area (Å²) in [6.07, 6.45) is 3.62. The van der Waals surface area contributed by atoms with Gasteiger partial charge in [0, 0.05) is 6.20 Å². The molecule has 1 aromatic heterocycles. The highest BCUT2D eigenvalue weighted by Crippen LogP contribution is 2.19.